The fourth-order valence-corrected chi connectivity index (χ4v) is 2.29. The van der Waals surface area contributed by atoms with E-state index in [4.69, 9.17) is 9.11 Å². The Labute approximate surface area is 77.0 Å². The Bertz CT molecular complexity index is 203. The Morgan fingerprint density at radius 1 is 1.33 bits per heavy atom. The van der Waals surface area contributed by atoms with Crippen LogP contribution in [0.25, 0.3) is 0 Å². The minimum atomic E-state index is -3.57. The van der Waals surface area contributed by atoms with Gasteiger partial charge in [0.15, 0.2) is 5.75 Å². The van der Waals surface area contributed by atoms with Crippen molar-refractivity contribution in [3.8, 4) is 0 Å². The number of hydrogen-bond acceptors (Lipinski definition) is 2. The minimum Gasteiger partial charge on any atom is -0.320 e. The maximum Gasteiger partial charge on any atom is 0.430 e. The van der Waals surface area contributed by atoms with E-state index in [0.29, 0.717) is 16.1 Å². The molecule has 0 saturated carbocycles. The van der Waals surface area contributed by atoms with Crippen LogP contribution < -0.4 is 5.32 Å². The van der Waals surface area contributed by atoms with Crippen molar-refractivity contribution < 1.29 is 13.3 Å². The molecule has 0 aliphatic rings. The normalized spacial score (nSPS) is 11.6. The molecular formula is C6H16NO3S2+. The molecule has 0 aromatic rings. The molecule has 0 radical (unpaired) electrons. The predicted octanol–water partition coefficient (Wildman–Crippen LogP) is 0.604. The highest BCUT2D eigenvalue weighted by atomic mass is 32.9. The van der Waals surface area contributed by atoms with Gasteiger partial charge in [0.05, 0.1) is 0 Å². The first-order valence-electron chi connectivity index (χ1n) is 3.84. The number of unbranched alkanes of at least 4 members (excludes halogenated alkanes) is 2. The molecule has 0 aliphatic heterocycles. The lowest BCUT2D eigenvalue weighted by molar-refractivity contribution is 0.450. The lowest BCUT2D eigenvalue weighted by Gasteiger charge is -1.93. The Balaban J connectivity index is 3.28. The molecule has 0 fully saturated rings. The summed E-state index contributed by atoms with van der Waals surface area (Å²) in [5.41, 5.74) is 0. The fraction of sp³-hybridized carbons (Fsp3) is 1.00. The van der Waals surface area contributed by atoms with Crippen LogP contribution in [0.4, 0.5) is 0 Å². The first kappa shape index (κ1) is 12.2. The number of nitrogens with one attached hydrogen (secondary N) is 1. The van der Waals surface area contributed by atoms with E-state index in [1.165, 1.54) is 0 Å². The Morgan fingerprint density at radius 3 is 2.50 bits per heavy atom. The molecule has 0 rings (SSSR count). The molecular weight excluding hydrogens is 198 g/mol. The molecule has 12 heavy (non-hydrogen) atoms. The zero-order valence-electron chi connectivity index (χ0n) is 7.15. The van der Waals surface area contributed by atoms with E-state index in [9.17, 15) is 4.21 Å². The molecule has 0 aromatic heterocycles. The van der Waals surface area contributed by atoms with Crippen LogP contribution in [-0.4, -0.2) is 32.7 Å². The van der Waals surface area contributed by atoms with Gasteiger partial charge in [0.25, 0.3) is 10.3 Å². The van der Waals surface area contributed by atoms with Crippen LogP contribution >= 0.6 is 0 Å². The fourth-order valence-electron chi connectivity index (χ4n) is 0.748. The Hall–Kier alpha value is 0.250. The molecule has 74 valence electrons. The predicted molar refractivity (Wildman–Crippen MR) is 53.4 cm³/mol. The summed E-state index contributed by atoms with van der Waals surface area (Å²) in [6.07, 6.45) is 2.95. The number of hydrogen-bond donors (Lipinski definition) is 3. The zero-order chi connectivity index (χ0) is 9.45. The van der Waals surface area contributed by atoms with E-state index in [1.807, 2.05) is 7.05 Å². The third kappa shape index (κ3) is 10.2. The molecule has 0 aliphatic carbocycles. The van der Waals surface area contributed by atoms with Gasteiger partial charge >= 0.3 is 9.05 Å². The molecule has 0 heterocycles. The van der Waals surface area contributed by atoms with Crippen molar-refractivity contribution >= 4 is 19.4 Å². The summed E-state index contributed by atoms with van der Waals surface area (Å²) < 4.78 is 27.2. The second-order valence-electron chi connectivity index (χ2n) is 2.43. The van der Waals surface area contributed by atoms with Crippen molar-refractivity contribution in [3.05, 3.63) is 0 Å². The molecule has 0 bridgehead atoms. The quantitative estimate of drug-likeness (QED) is 0.447. The molecule has 0 atom stereocenters. The third-order valence-corrected chi connectivity index (χ3v) is 3.49. The third-order valence-electron chi connectivity index (χ3n) is 1.31. The van der Waals surface area contributed by atoms with Gasteiger partial charge in [0.1, 0.15) is 0 Å². The second-order valence-corrected chi connectivity index (χ2v) is 5.98. The van der Waals surface area contributed by atoms with Gasteiger partial charge in [-0.15, -0.1) is 0 Å². The molecule has 6 heteroatoms. The van der Waals surface area contributed by atoms with E-state index in [2.05, 4.69) is 5.32 Å². The molecule has 0 spiro atoms. The van der Waals surface area contributed by atoms with Gasteiger partial charge in [-0.3, -0.25) is 9.11 Å². The van der Waals surface area contributed by atoms with Gasteiger partial charge in [-0.05, 0) is 26.4 Å². The van der Waals surface area contributed by atoms with E-state index in [-0.39, 0.29) is 0 Å². The summed E-state index contributed by atoms with van der Waals surface area (Å²) in [4.78, 5) is 0. The monoisotopic (exact) mass is 214 g/mol. The SMILES string of the molecule is CNCCCCC[S+]=S(=O)(O)O. The minimum absolute atomic E-state index is 0.537. The maximum absolute atomic E-state index is 10.3. The number of rotatable bonds is 6. The maximum atomic E-state index is 10.3. The van der Waals surface area contributed by atoms with Crippen molar-refractivity contribution in [2.45, 2.75) is 19.3 Å². The highest BCUT2D eigenvalue weighted by molar-refractivity contribution is 8.34. The van der Waals surface area contributed by atoms with E-state index < -0.39 is 9.05 Å². The Morgan fingerprint density at radius 2 is 2.00 bits per heavy atom. The van der Waals surface area contributed by atoms with Crippen molar-refractivity contribution in [3.63, 3.8) is 0 Å². The average Bonchev–Trinajstić information content (AvgIpc) is 1.94. The second kappa shape index (κ2) is 6.73. The van der Waals surface area contributed by atoms with Gasteiger partial charge in [-0.2, -0.15) is 4.21 Å². The Kier molecular flexibility index (Phi) is 6.87. The summed E-state index contributed by atoms with van der Waals surface area (Å²) in [5, 5.41) is 3.01. The molecule has 4 nitrogen and oxygen atoms in total. The molecule has 0 aromatic carbocycles. The van der Waals surface area contributed by atoms with Crippen LogP contribution in [0.3, 0.4) is 0 Å². The first-order chi connectivity index (χ1) is 5.56. The van der Waals surface area contributed by atoms with Crippen molar-refractivity contribution in [2.75, 3.05) is 19.3 Å². The lowest BCUT2D eigenvalue weighted by atomic mass is 10.2. The van der Waals surface area contributed by atoms with E-state index >= 15 is 0 Å². The molecule has 0 saturated heterocycles. The zero-order valence-corrected chi connectivity index (χ0v) is 8.79. The summed E-state index contributed by atoms with van der Waals surface area (Å²) in [5.74, 6) is 0.537. The largest absolute Gasteiger partial charge is 0.430 e. The smallest absolute Gasteiger partial charge is 0.320 e. The highest BCUT2D eigenvalue weighted by Crippen LogP contribution is 1.94. The van der Waals surface area contributed by atoms with Gasteiger partial charge in [0.2, 0.25) is 0 Å². The van der Waals surface area contributed by atoms with Gasteiger partial charge in [-0.25, -0.2) is 0 Å². The van der Waals surface area contributed by atoms with Crippen LogP contribution in [-0.2, 0) is 19.4 Å². The summed E-state index contributed by atoms with van der Waals surface area (Å²) in [6, 6.07) is 0. The lowest BCUT2D eigenvalue weighted by Crippen LogP contribution is -2.07. The van der Waals surface area contributed by atoms with Gasteiger partial charge in [0, 0.05) is 6.42 Å². The van der Waals surface area contributed by atoms with Crippen molar-refractivity contribution in [2.24, 2.45) is 0 Å². The summed E-state index contributed by atoms with van der Waals surface area (Å²) >= 11 is 0. The standard InChI is InChI=1S/C6H15NO3S2/c1-7-5-3-2-4-6-11-12(8,9)10/h7H,2-6H2,1H3,(H-,8,9,10)/p+1. The van der Waals surface area contributed by atoms with Crippen LogP contribution in [0.1, 0.15) is 19.3 Å². The van der Waals surface area contributed by atoms with Crippen LogP contribution in [0, 0.1) is 0 Å². The topological polar surface area (TPSA) is 69.6 Å². The summed E-state index contributed by atoms with van der Waals surface area (Å²) in [6.45, 7) is 0.971. The molecule has 0 unspecified atom stereocenters. The van der Waals surface area contributed by atoms with Gasteiger partial charge in [-0.1, -0.05) is 0 Å². The average molecular weight is 214 g/mol. The van der Waals surface area contributed by atoms with Crippen LogP contribution in [0.5, 0.6) is 0 Å². The first-order valence-corrected chi connectivity index (χ1v) is 6.82. The van der Waals surface area contributed by atoms with E-state index in [0.717, 1.165) is 25.8 Å². The summed E-state index contributed by atoms with van der Waals surface area (Å²) in [7, 11) is -0.964. The molecule has 3 N–H and O–H groups in total. The van der Waals surface area contributed by atoms with Gasteiger partial charge < -0.3 is 5.32 Å². The van der Waals surface area contributed by atoms with Crippen LogP contribution in [0.15, 0.2) is 0 Å². The van der Waals surface area contributed by atoms with E-state index in [1.54, 1.807) is 0 Å². The van der Waals surface area contributed by atoms with Crippen molar-refractivity contribution in [1.82, 2.24) is 5.32 Å². The highest BCUT2D eigenvalue weighted by Gasteiger charge is 2.07. The van der Waals surface area contributed by atoms with Crippen LogP contribution in [0.2, 0.25) is 0 Å². The van der Waals surface area contributed by atoms with Crippen molar-refractivity contribution in [1.29, 1.82) is 0 Å². The molecule has 0 amide bonds.